The average Bonchev–Trinajstić information content (AvgIpc) is 2.78. The number of nitrogens with one attached hydrogen (secondary N) is 2. The molecule has 6 nitrogen and oxygen atoms in total. The van der Waals surface area contributed by atoms with E-state index in [2.05, 4.69) is 10.0 Å². The molecule has 2 N–H and O–H groups in total. The minimum Gasteiger partial charge on any atom is -0.496 e. The number of anilines is 1. The van der Waals surface area contributed by atoms with Gasteiger partial charge < -0.3 is 10.1 Å². The first kappa shape index (κ1) is 24.3. The Morgan fingerprint density at radius 1 is 0.939 bits per heavy atom. The van der Waals surface area contributed by atoms with Gasteiger partial charge in [-0.2, -0.15) is 0 Å². The number of rotatable bonds is 8. The van der Waals surface area contributed by atoms with Gasteiger partial charge in [-0.05, 0) is 80.3 Å². The lowest BCUT2D eigenvalue weighted by molar-refractivity contribution is 0.0935. The quantitative estimate of drug-likeness (QED) is 0.472. The molecule has 0 saturated heterocycles. The molecule has 0 heterocycles. The molecule has 0 aromatic heterocycles. The molecule has 0 spiro atoms. The molecule has 3 aromatic carbocycles. The van der Waals surface area contributed by atoms with Gasteiger partial charge in [0.1, 0.15) is 5.75 Å². The smallest absolute Gasteiger partial charge is 0.261 e. The summed E-state index contributed by atoms with van der Waals surface area (Å²) >= 11 is 0. The normalized spacial score (nSPS) is 12.2. The number of hydrogen-bond donors (Lipinski definition) is 2. The van der Waals surface area contributed by atoms with E-state index < -0.39 is 10.0 Å². The predicted molar refractivity (Wildman–Crippen MR) is 131 cm³/mol. The highest BCUT2D eigenvalue weighted by Gasteiger charge is 2.18. The molecule has 0 aliphatic rings. The van der Waals surface area contributed by atoms with Crippen LogP contribution in [0.25, 0.3) is 0 Å². The van der Waals surface area contributed by atoms with Crippen molar-refractivity contribution in [1.82, 2.24) is 5.32 Å². The maximum atomic E-state index is 12.9. The number of sulfonamides is 1. The van der Waals surface area contributed by atoms with Crippen LogP contribution in [-0.4, -0.2) is 21.4 Å². The van der Waals surface area contributed by atoms with E-state index in [0.717, 1.165) is 28.9 Å². The summed E-state index contributed by atoms with van der Waals surface area (Å²) in [5.74, 6) is 0.589. The second kappa shape index (κ2) is 10.1. The van der Waals surface area contributed by atoms with Crippen LogP contribution >= 0.6 is 0 Å². The minimum atomic E-state index is -3.72. The third kappa shape index (κ3) is 5.73. The van der Waals surface area contributed by atoms with E-state index in [1.165, 1.54) is 0 Å². The van der Waals surface area contributed by atoms with Gasteiger partial charge in [-0.25, -0.2) is 8.42 Å². The molecule has 0 aliphatic carbocycles. The van der Waals surface area contributed by atoms with Gasteiger partial charge in [-0.15, -0.1) is 0 Å². The number of carbonyl (C=O) groups excluding carboxylic acids is 1. The molecule has 7 heteroatoms. The van der Waals surface area contributed by atoms with Crippen LogP contribution in [0.15, 0.2) is 65.6 Å². The monoisotopic (exact) mass is 466 g/mol. The summed E-state index contributed by atoms with van der Waals surface area (Å²) < 4.78 is 33.3. The summed E-state index contributed by atoms with van der Waals surface area (Å²) in [7, 11) is -2.08. The van der Waals surface area contributed by atoms with Crippen LogP contribution in [0.2, 0.25) is 0 Å². The van der Waals surface area contributed by atoms with Gasteiger partial charge in [0.25, 0.3) is 15.9 Å². The maximum absolute atomic E-state index is 12.9. The van der Waals surface area contributed by atoms with Crippen molar-refractivity contribution in [2.75, 3.05) is 11.8 Å². The summed E-state index contributed by atoms with van der Waals surface area (Å²) in [6, 6.07) is 17.3. The largest absolute Gasteiger partial charge is 0.496 e. The Labute approximate surface area is 196 Å². The molecular weight excluding hydrogens is 436 g/mol. The van der Waals surface area contributed by atoms with Crippen LogP contribution in [0.1, 0.15) is 52.0 Å². The molecular formula is C26H30N2O4S. The maximum Gasteiger partial charge on any atom is 0.261 e. The lowest BCUT2D eigenvalue weighted by atomic mass is 10.0. The number of hydrogen-bond acceptors (Lipinski definition) is 4. The second-order valence-corrected chi connectivity index (χ2v) is 9.79. The molecule has 0 saturated carbocycles. The molecule has 1 atom stereocenters. The molecule has 0 radical (unpaired) electrons. The number of ether oxygens (including phenoxy) is 1. The number of aryl methyl sites for hydroxylation is 3. The standard InChI is InChI=1S/C26H30N2O4S/c1-6-23(20-10-14-25(32-5)19(4)16-20)27-26(29)21-9-13-24(18(3)15-21)28-33(30,31)22-11-7-17(2)8-12-22/h7-16,23,28H,6H2,1-5H3,(H,27,29). The Morgan fingerprint density at radius 3 is 2.21 bits per heavy atom. The van der Waals surface area contributed by atoms with Crippen LogP contribution in [0.4, 0.5) is 5.69 Å². The molecule has 3 aromatic rings. The van der Waals surface area contributed by atoms with E-state index >= 15 is 0 Å². The summed E-state index contributed by atoms with van der Waals surface area (Å²) in [5, 5.41) is 3.07. The first-order valence-corrected chi connectivity index (χ1v) is 12.3. The van der Waals surface area contributed by atoms with Gasteiger partial charge >= 0.3 is 0 Å². The van der Waals surface area contributed by atoms with Crippen LogP contribution < -0.4 is 14.8 Å². The lowest BCUT2D eigenvalue weighted by Gasteiger charge is -2.19. The zero-order chi connectivity index (χ0) is 24.2. The van der Waals surface area contributed by atoms with Crippen molar-refractivity contribution in [1.29, 1.82) is 0 Å². The predicted octanol–water partition coefficient (Wildman–Crippen LogP) is 5.30. The summed E-state index contributed by atoms with van der Waals surface area (Å²) in [5.41, 5.74) is 4.55. The zero-order valence-electron chi connectivity index (χ0n) is 19.6. The van der Waals surface area contributed by atoms with Crippen molar-refractivity contribution in [3.05, 3.63) is 88.5 Å². The Morgan fingerprint density at radius 2 is 1.64 bits per heavy atom. The molecule has 1 amide bonds. The van der Waals surface area contributed by atoms with E-state index in [0.29, 0.717) is 16.8 Å². The highest BCUT2D eigenvalue weighted by molar-refractivity contribution is 7.92. The topological polar surface area (TPSA) is 84.5 Å². The van der Waals surface area contributed by atoms with E-state index in [4.69, 9.17) is 4.74 Å². The zero-order valence-corrected chi connectivity index (χ0v) is 20.4. The van der Waals surface area contributed by atoms with Gasteiger partial charge in [-0.1, -0.05) is 36.8 Å². The fourth-order valence-corrected chi connectivity index (χ4v) is 4.75. The highest BCUT2D eigenvalue weighted by Crippen LogP contribution is 2.25. The fraction of sp³-hybridized carbons (Fsp3) is 0.269. The summed E-state index contributed by atoms with van der Waals surface area (Å²) in [6.07, 6.45) is 0.727. The molecule has 0 bridgehead atoms. The Bertz CT molecular complexity index is 1250. The highest BCUT2D eigenvalue weighted by atomic mass is 32.2. The van der Waals surface area contributed by atoms with Crippen LogP contribution in [-0.2, 0) is 10.0 Å². The van der Waals surface area contributed by atoms with E-state index in [1.807, 2.05) is 39.0 Å². The van der Waals surface area contributed by atoms with E-state index in [9.17, 15) is 13.2 Å². The van der Waals surface area contributed by atoms with Crippen molar-refractivity contribution in [3.63, 3.8) is 0 Å². The molecule has 0 fully saturated rings. The van der Waals surface area contributed by atoms with Crippen molar-refractivity contribution in [3.8, 4) is 5.75 Å². The second-order valence-electron chi connectivity index (χ2n) is 8.11. The number of methoxy groups -OCH3 is 1. The Balaban J connectivity index is 1.76. The lowest BCUT2D eigenvalue weighted by Crippen LogP contribution is -2.28. The van der Waals surface area contributed by atoms with Gasteiger partial charge in [0, 0.05) is 5.56 Å². The SMILES string of the molecule is CCC(NC(=O)c1ccc(NS(=O)(=O)c2ccc(C)cc2)c(C)c1)c1ccc(OC)c(C)c1. The Hall–Kier alpha value is -3.32. The van der Waals surface area contributed by atoms with Gasteiger partial charge in [-0.3, -0.25) is 9.52 Å². The molecule has 174 valence electrons. The molecule has 3 rings (SSSR count). The van der Waals surface area contributed by atoms with Crippen molar-refractivity contribution in [2.45, 2.75) is 45.1 Å². The summed E-state index contributed by atoms with van der Waals surface area (Å²) in [6.45, 7) is 7.65. The average molecular weight is 467 g/mol. The fourth-order valence-electron chi connectivity index (χ4n) is 3.62. The molecule has 0 aliphatic heterocycles. The van der Waals surface area contributed by atoms with Gasteiger partial charge in [0.2, 0.25) is 0 Å². The van der Waals surface area contributed by atoms with Gasteiger partial charge in [0.15, 0.2) is 0 Å². The number of amides is 1. The van der Waals surface area contributed by atoms with Crippen molar-refractivity contribution in [2.24, 2.45) is 0 Å². The number of benzene rings is 3. The summed E-state index contributed by atoms with van der Waals surface area (Å²) in [4.78, 5) is 13.1. The molecule has 1 unspecified atom stereocenters. The number of carbonyl (C=O) groups is 1. The van der Waals surface area contributed by atoms with E-state index in [-0.39, 0.29) is 16.8 Å². The van der Waals surface area contributed by atoms with Crippen molar-refractivity contribution >= 4 is 21.6 Å². The van der Waals surface area contributed by atoms with Crippen LogP contribution in [0, 0.1) is 20.8 Å². The van der Waals surface area contributed by atoms with Crippen LogP contribution in [0.3, 0.4) is 0 Å². The third-order valence-electron chi connectivity index (χ3n) is 5.60. The first-order chi connectivity index (χ1) is 15.6. The third-order valence-corrected chi connectivity index (χ3v) is 6.98. The van der Waals surface area contributed by atoms with Crippen LogP contribution in [0.5, 0.6) is 5.75 Å². The van der Waals surface area contributed by atoms with E-state index in [1.54, 1.807) is 56.5 Å². The molecule has 33 heavy (non-hydrogen) atoms. The Kier molecular flexibility index (Phi) is 7.43. The van der Waals surface area contributed by atoms with Gasteiger partial charge in [0.05, 0.1) is 23.7 Å². The minimum absolute atomic E-state index is 0.151. The van der Waals surface area contributed by atoms with Crippen molar-refractivity contribution < 1.29 is 17.9 Å². The first-order valence-electron chi connectivity index (χ1n) is 10.8.